The van der Waals surface area contributed by atoms with E-state index in [-0.39, 0.29) is 23.9 Å². The van der Waals surface area contributed by atoms with Gasteiger partial charge in [-0.3, -0.25) is 9.59 Å². The van der Waals surface area contributed by atoms with Gasteiger partial charge in [-0.2, -0.15) is 0 Å². The topological polar surface area (TPSA) is 104 Å². The fourth-order valence-corrected chi connectivity index (χ4v) is 3.94. The lowest BCUT2D eigenvalue weighted by Crippen LogP contribution is -2.46. The summed E-state index contributed by atoms with van der Waals surface area (Å²) in [5, 5.41) is 7.23. The van der Waals surface area contributed by atoms with Crippen LogP contribution < -0.4 is 15.4 Å². The second-order valence-corrected chi connectivity index (χ2v) is 8.47. The molecule has 7 nitrogen and oxygen atoms in total. The molecule has 0 saturated carbocycles. The number of nitrogens with one attached hydrogen (secondary N) is 3. The van der Waals surface area contributed by atoms with Gasteiger partial charge in [-0.25, -0.2) is 13.1 Å². The summed E-state index contributed by atoms with van der Waals surface area (Å²) in [6.45, 7) is 1.64. The molecule has 0 fully saturated rings. The number of rotatable bonds is 8. The molecule has 2 rings (SSSR count). The van der Waals surface area contributed by atoms with Crippen molar-refractivity contribution in [3.63, 3.8) is 0 Å². The minimum absolute atomic E-state index is 0.00613. The predicted molar refractivity (Wildman–Crippen MR) is 101 cm³/mol. The maximum Gasteiger partial charge on any atom is 0.261 e. The quantitative estimate of drug-likeness (QED) is 0.570. The molecule has 1 aromatic carbocycles. The first-order valence-electron chi connectivity index (χ1n) is 7.67. The highest BCUT2D eigenvalue weighted by Gasteiger charge is 2.17. The number of halogens is 1. The smallest absolute Gasteiger partial charge is 0.261 e. The van der Waals surface area contributed by atoms with Gasteiger partial charge in [-0.15, -0.1) is 11.3 Å². The van der Waals surface area contributed by atoms with Crippen LogP contribution in [-0.2, 0) is 14.8 Å². The molecule has 1 unspecified atom stereocenters. The van der Waals surface area contributed by atoms with Gasteiger partial charge in [-0.05, 0) is 36.6 Å². The van der Waals surface area contributed by atoms with E-state index in [9.17, 15) is 18.0 Å². The van der Waals surface area contributed by atoms with Crippen LogP contribution in [0.1, 0.15) is 16.6 Å². The van der Waals surface area contributed by atoms with Crippen LogP contribution in [-0.4, -0.2) is 39.4 Å². The molecule has 140 valence electrons. The normalized spacial score (nSPS) is 12.4. The van der Waals surface area contributed by atoms with Gasteiger partial charge in [0.15, 0.2) is 0 Å². The van der Waals surface area contributed by atoms with Crippen LogP contribution in [0.15, 0.2) is 46.7 Å². The maximum absolute atomic E-state index is 12.1. The molecule has 0 radical (unpaired) electrons. The molecule has 10 heteroatoms. The van der Waals surface area contributed by atoms with E-state index in [0.29, 0.717) is 9.90 Å². The molecule has 2 amide bonds. The number of hydrogen-bond acceptors (Lipinski definition) is 5. The van der Waals surface area contributed by atoms with E-state index in [0.717, 1.165) is 0 Å². The lowest BCUT2D eigenvalue weighted by Gasteiger charge is -2.14. The first kappa shape index (κ1) is 20.4. The van der Waals surface area contributed by atoms with Crippen LogP contribution in [0.25, 0.3) is 0 Å². The van der Waals surface area contributed by atoms with Crippen LogP contribution in [0.3, 0.4) is 0 Å². The van der Waals surface area contributed by atoms with Gasteiger partial charge < -0.3 is 10.6 Å². The molecule has 0 aliphatic rings. The molecule has 26 heavy (non-hydrogen) atoms. The van der Waals surface area contributed by atoms with Crippen LogP contribution in [0.5, 0.6) is 0 Å². The summed E-state index contributed by atoms with van der Waals surface area (Å²) in [7, 11) is -3.70. The Hall–Kier alpha value is -1.94. The van der Waals surface area contributed by atoms with Crippen molar-refractivity contribution in [3.8, 4) is 0 Å². The van der Waals surface area contributed by atoms with Gasteiger partial charge in [0, 0.05) is 18.1 Å². The molecule has 0 spiro atoms. The SMILES string of the molecule is CC(NC(=O)c1cccs1)C(=O)NCCNS(=O)(=O)c1cccc(Cl)c1. The lowest BCUT2D eigenvalue weighted by atomic mass is 10.3. The molecule has 1 heterocycles. The third-order valence-electron chi connectivity index (χ3n) is 3.31. The molecule has 0 bridgehead atoms. The third-order valence-corrected chi connectivity index (χ3v) is 5.87. The van der Waals surface area contributed by atoms with Crippen molar-refractivity contribution in [2.45, 2.75) is 17.9 Å². The number of carbonyl (C=O) groups is 2. The van der Waals surface area contributed by atoms with Crippen LogP contribution >= 0.6 is 22.9 Å². The molecule has 2 aromatic rings. The Morgan fingerprint density at radius 3 is 2.62 bits per heavy atom. The van der Waals surface area contributed by atoms with Gasteiger partial charge in [0.2, 0.25) is 15.9 Å². The monoisotopic (exact) mass is 415 g/mol. The van der Waals surface area contributed by atoms with Crippen molar-refractivity contribution < 1.29 is 18.0 Å². The summed E-state index contributed by atoms with van der Waals surface area (Å²) in [6, 6.07) is 8.54. The van der Waals surface area contributed by atoms with Gasteiger partial charge in [0.25, 0.3) is 5.91 Å². The molecular formula is C16H18ClN3O4S2. The van der Waals surface area contributed by atoms with Gasteiger partial charge in [0.05, 0.1) is 9.77 Å². The largest absolute Gasteiger partial charge is 0.353 e. The Balaban J connectivity index is 1.76. The van der Waals surface area contributed by atoms with Gasteiger partial charge >= 0.3 is 0 Å². The fourth-order valence-electron chi connectivity index (χ4n) is 1.98. The summed E-state index contributed by atoms with van der Waals surface area (Å²) >= 11 is 7.06. The Morgan fingerprint density at radius 1 is 1.19 bits per heavy atom. The van der Waals surface area contributed by atoms with E-state index in [1.54, 1.807) is 30.5 Å². The zero-order valence-electron chi connectivity index (χ0n) is 13.9. The highest BCUT2D eigenvalue weighted by atomic mass is 35.5. The number of hydrogen-bond donors (Lipinski definition) is 3. The highest BCUT2D eigenvalue weighted by Crippen LogP contribution is 2.14. The summed E-state index contributed by atoms with van der Waals surface area (Å²) in [4.78, 5) is 24.4. The Morgan fingerprint density at radius 2 is 1.96 bits per heavy atom. The minimum atomic E-state index is -3.70. The zero-order chi connectivity index (χ0) is 19.2. The molecule has 1 atom stereocenters. The van der Waals surface area contributed by atoms with E-state index in [1.807, 2.05) is 0 Å². The van der Waals surface area contributed by atoms with Crippen molar-refractivity contribution in [3.05, 3.63) is 51.7 Å². The predicted octanol–water partition coefficient (Wildman–Crippen LogP) is 1.61. The van der Waals surface area contributed by atoms with E-state index in [1.165, 1.54) is 29.5 Å². The second-order valence-electron chi connectivity index (χ2n) is 5.32. The van der Waals surface area contributed by atoms with Crippen molar-refractivity contribution in [1.29, 1.82) is 0 Å². The Kier molecular flexibility index (Phi) is 7.15. The number of amides is 2. The van der Waals surface area contributed by atoms with Crippen molar-refractivity contribution >= 4 is 44.8 Å². The summed E-state index contributed by atoms with van der Waals surface area (Å²) < 4.78 is 26.6. The number of benzene rings is 1. The maximum atomic E-state index is 12.1. The average molecular weight is 416 g/mol. The van der Waals surface area contributed by atoms with Gasteiger partial charge in [-0.1, -0.05) is 23.7 Å². The molecule has 0 saturated heterocycles. The summed E-state index contributed by atoms with van der Waals surface area (Å²) in [5.41, 5.74) is 0. The van der Waals surface area contributed by atoms with Crippen LogP contribution in [0.2, 0.25) is 5.02 Å². The number of carbonyl (C=O) groups excluding carboxylic acids is 2. The van der Waals surface area contributed by atoms with Crippen molar-refractivity contribution in [1.82, 2.24) is 15.4 Å². The summed E-state index contributed by atoms with van der Waals surface area (Å²) in [5.74, 6) is -0.735. The molecular weight excluding hydrogens is 398 g/mol. The first-order chi connectivity index (χ1) is 12.3. The van der Waals surface area contributed by atoms with E-state index in [4.69, 9.17) is 11.6 Å². The van der Waals surface area contributed by atoms with Gasteiger partial charge in [0.1, 0.15) is 6.04 Å². The zero-order valence-corrected chi connectivity index (χ0v) is 16.2. The van der Waals surface area contributed by atoms with Crippen molar-refractivity contribution in [2.24, 2.45) is 0 Å². The molecule has 0 aliphatic heterocycles. The third kappa shape index (κ3) is 5.80. The van der Waals surface area contributed by atoms with Crippen molar-refractivity contribution in [2.75, 3.05) is 13.1 Å². The number of sulfonamides is 1. The first-order valence-corrected chi connectivity index (χ1v) is 10.4. The summed E-state index contributed by atoms with van der Waals surface area (Å²) in [6.07, 6.45) is 0. The lowest BCUT2D eigenvalue weighted by molar-refractivity contribution is -0.122. The van der Waals surface area contributed by atoms with Crippen LogP contribution in [0.4, 0.5) is 0 Å². The fraction of sp³-hybridized carbons (Fsp3) is 0.250. The van der Waals surface area contributed by atoms with Crippen LogP contribution in [0, 0.1) is 0 Å². The Bertz CT molecular complexity index is 869. The van der Waals surface area contributed by atoms with E-state index >= 15 is 0 Å². The minimum Gasteiger partial charge on any atom is -0.353 e. The molecule has 1 aromatic heterocycles. The highest BCUT2D eigenvalue weighted by molar-refractivity contribution is 7.89. The second kappa shape index (κ2) is 9.13. The Labute approximate surface area is 160 Å². The van der Waals surface area contributed by atoms with E-state index < -0.39 is 22.0 Å². The average Bonchev–Trinajstić information content (AvgIpc) is 3.13. The van der Waals surface area contributed by atoms with E-state index in [2.05, 4.69) is 15.4 Å². The standard InChI is InChI=1S/C16H18ClN3O4S2/c1-11(20-16(22)14-6-3-9-25-14)15(21)18-7-8-19-26(23,24)13-5-2-4-12(17)10-13/h2-6,9-11,19H,7-8H2,1H3,(H,18,21)(H,20,22). The molecule has 0 aliphatic carbocycles. The molecule has 3 N–H and O–H groups in total. The number of thiophene rings is 1.